The van der Waals surface area contributed by atoms with Gasteiger partial charge in [0.1, 0.15) is 5.02 Å². The van der Waals surface area contributed by atoms with Crippen LogP contribution in [0.15, 0.2) is 72.1 Å². The van der Waals surface area contributed by atoms with Gasteiger partial charge >= 0.3 is 0 Å². The van der Waals surface area contributed by atoms with Gasteiger partial charge in [0, 0.05) is 30.2 Å². The van der Waals surface area contributed by atoms with E-state index in [1.54, 1.807) is 24.4 Å². The highest BCUT2D eigenvalue weighted by Gasteiger charge is 2.07. The molecular formula is C23H25ClN8O. The number of hydrogen-bond acceptors (Lipinski definition) is 8. The number of nitrogens with zero attached hydrogens (tertiary/aromatic N) is 5. The number of benzene rings is 1. The number of halogens is 1. The summed E-state index contributed by atoms with van der Waals surface area (Å²) in [6.07, 6.45) is 6.48. The molecule has 0 radical (unpaired) electrons. The number of pyridine rings is 1. The van der Waals surface area contributed by atoms with E-state index in [2.05, 4.69) is 36.1 Å². The summed E-state index contributed by atoms with van der Waals surface area (Å²) >= 11 is 6.27. The van der Waals surface area contributed by atoms with Crippen molar-refractivity contribution in [3.05, 3.63) is 77.7 Å². The van der Waals surface area contributed by atoms with E-state index in [0.29, 0.717) is 34.5 Å². The van der Waals surface area contributed by atoms with Crippen LogP contribution in [0.3, 0.4) is 0 Å². The lowest BCUT2D eigenvalue weighted by Crippen LogP contribution is -2.13. The van der Waals surface area contributed by atoms with Crippen LogP contribution in [0.25, 0.3) is 0 Å². The fourth-order valence-corrected chi connectivity index (χ4v) is 2.78. The third kappa shape index (κ3) is 7.67. The fraction of sp³-hybridized carbons (Fsp3) is 0.174. The molecule has 10 heteroatoms. The second-order valence-electron chi connectivity index (χ2n) is 7.27. The van der Waals surface area contributed by atoms with Gasteiger partial charge in [-0.1, -0.05) is 29.8 Å². The summed E-state index contributed by atoms with van der Waals surface area (Å²) in [4.78, 5) is 26.8. The SMILES string of the molecule is C/C(=N\Nc1ncc(Cl)c(Nc2cccc(NC(=O)/C=C/CN(C)C)c2)n1)c1ccccn1. The van der Waals surface area contributed by atoms with Crippen LogP contribution >= 0.6 is 11.6 Å². The molecule has 0 aliphatic heterocycles. The zero-order valence-electron chi connectivity index (χ0n) is 18.6. The molecule has 1 amide bonds. The highest BCUT2D eigenvalue weighted by molar-refractivity contribution is 6.32. The third-order valence-corrected chi connectivity index (χ3v) is 4.51. The fourth-order valence-electron chi connectivity index (χ4n) is 2.64. The van der Waals surface area contributed by atoms with Gasteiger partial charge in [-0.25, -0.2) is 10.4 Å². The van der Waals surface area contributed by atoms with E-state index in [4.69, 9.17) is 11.6 Å². The topological polar surface area (TPSA) is 107 Å². The maximum absolute atomic E-state index is 12.1. The Hall–Kier alpha value is -3.82. The van der Waals surface area contributed by atoms with E-state index in [-0.39, 0.29) is 11.9 Å². The van der Waals surface area contributed by atoms with Crippen molar-refractivity contribution in [1.82, 2.24) is 19.9 Å². The predicted octanol–water partition coefficient (Wildman–Crippen LogP) is 4.16. The number of anilines is 4. The van der Waals surface area contributed by atoms with Crippen molar-refractivity contribution in [3.63, 3.8) is 0 Å². The summed E-state index contributed by atoms with van der Waals surface area (Å²) in [6, 6.07) is 12.8. The molecule has 3 N–H and O–H groups in total. The summed E-state index contributed by atoms with van der Waals surface area (Å²) in [7, 11) is 3.87. The summed E-state index contributed by atoms with van der Waals surface area (Å²) < 4.78 is 0. The summed E-state index contributed by atoms with van der Waals surface area (Å²) in [5.41, 5.74) is 5.59. The van der Waals surface area contributed by atoms with Crippen molar-refractivity contribution in [2.75, 3.05) is 36.7 Å². The van der Waals surface area contributed by atoms with E-state index in [0.717, 1.165) is 5.69 Å². The Kier molecular flexibility index (Phi) is 8.45. The molecule has 0 spiro atoms. The van der Waals surface area contributed by atoms with E-state index in [1.807, 2.05) is 56.3 Å². The summed E-state index contributed by atoms with van der Waals surface area (Å²) in [5.74, 6) is 0.462. The Morgan fingerprint density at radius 3 is 2.73 bits per heavy atom. The average Bonchev–Trinajstić information content (AvgIpc) is 2.80. The smallest absolute Gasteiger partial charge is 0.248 e. The standard InChI is InChI=1S/C23H25ClN8O/c1-16(20-10-4-5-12-25-20)30-31-23-26-15-19(24)22(29-23)28-18-9-6-8-17(14-18)27-21(33)11-7-13-32(2)3/h4-12,14-15H,13H2,1-3H3,(H,27,33)(H2,26,28,29,31)/b11-7+,30-16+. The van der Waals surface area contributed by atoms with Crippen LogP contribution in [-0.4, -0.2) is 52.1 Å². The number of hydrazone groups is 1. The highest BCUT2D eigenvalue weighted by Crippen LogP contribution is 2.25. The van der Waals surface area contributed by atoms with Crippen molar-refractivity contribution in [1.29, 1.82) is 0 Å². The molecule has 2 aromatic heterocycles. The summed E-state index contributed by atoms with van der Waals surface area (Å²) in [6.45, 7) is 2.52. The van der Waals surface area contributed by atoms with E-state index < -0.39 is 0 Å². The van der Waals surface area contributed by atoms with Crippen LogP contribution in [0.4, 0.5) is 23.1 Å². The van der Waals surface area contributed by atoms with Gasteiger partial charge in [0.05, 0.1) is 17.6 Å². The van der Waals surface area contributed by atoms with Crippen LogP contribution in [0, 0.1) is 0 Å². The lowest BCUT2D eigenvalue weighted by atomic mass is 10.2. The number of rotatable bonds is 9. The zero-order valence-corrected chi connectivity index (χ0v) is 19.3. The molecule has 1 aromatic carbocycles. The Bertz CT molecular complexity index is 1150. The summed E-state index contributed by atoms with van der Waals surface area (Å²) in [5, 5.41) is 10.6. The number of amides is 1. The third-order valence-electron chi connectivity index (χ3n) is 4.24. The maximum atomic E-state index is 12.1. The van der Waals surface area contributed by atoms with Gasteiger partial charge in [0.25, 0.3) is 0 Å². The normalized spacial score (nSPS) is 11.6. The number of nitrogens with one attached hydrogen (secondary N) is 3. The molecule has 3 rings (SSSR count). The molecule has 0 aliphatic carbocycles. The molecule has 0 saturated carbocycles. The number of carbonyl (C=O) groups excluding carboxylic acids is 1. The first kappa shape index (κ1) is 23.8. The average molecular weight is 465 g/mol. The van der Waals surface area contributed by atoms with Crippen LogP contribution in [-0.2, 0) is 4.79 Å². The molecule has 0 bridgehead atoms. The van der Waals surface area contributed by atoms with Crippen LogP contribution in [0.2, 0.25) is 5.02 Å². The number of hydrogen-bond donors (Lipinski definition) is 3. The van der Waals surface area contributed by atoms with Gasteiger partial charge in [-0.3, -0.25) is 9.78 Å². The van der Waals surface area contributed by atoms with Gasteiger partial charge in [-0.2, -0.15) is 10.1 Å². The number of carbonyl (C=O) groups is 1. The van der Waals surface area contributed by atoms with Gasteiger partial charge in [-0.05, 0) is 51.4 Å². The van der Waals surface area contributed by atoms with E-state index >= 15 is 0 Å². The minimum atomic E-state index is -0.207. The Labute approximate surface area is 197 Å². The van der Waals surface area contributed by atoms with Gasteiger partial charge in [0.15, 0.2) is 5.82 Å². The predicted molar refractivity (Wildman–Crippen MR) is 133 cm³/mol. The van der Waals surface area contributed by atoms with Crippen LogP contribution in [0.5, 0.6) is 0 Å². The Morgan fingerprint density at radius 2 is 1.97 bits per heavy atom. The van der Waals surface area contributed by atoms with Crippen molar-refractivity contribution >= 4 is 46.4 Å². The molecule has 0 saturated heterocycles. The molecule has 0 atom stereocenters. The molecule has 9 nitrogen and oxygen atoms in total. The minimum absolute atomic E-state index is 0.207. The van der Waals surface area contributed by atoms with E-state index in [1.165, 1.54) is 12.3 Å². The van der Waals surface area contributed by atoms with Crippen molar-refractivity contribution < 1.29 is 4.79 Å². The Balaban J connectivity index is 1.67. The van der Waals surface area contributed by atoms with Crippen molar-refractivity contribution in [2.24, 2.45) is 5.10 Å². The first-order valence-electron chi connectivity index (χ1n) is 10.1. The van der Waals surface area contributed by atoms with E-state index in [9.17, 15) is 4.79 Å². The quantitative estimate of drug-likeness (QED) is 0.248. The second kappa shape index (κ2) is 11.7. The van der Waals surface area contributed by atoms with Gasteiger partial charge in [-0.15, -0.1) is 0 Å². The largest absolute Gasteiger partial charge is 0.339 e. The van der Waals surface area contributed by atoms with Gasteiger partial charge in [0.2, 0.25) is 11.9 Å². The highest BCUT2D eigenvalue weighted by atomic mass is 35.5. The first-order chi connectivity index (χ1) is 15.9. The van der Waals surface area contributed by atoms with Crippen molar-refractivity contribution in [3.8, 4) is 0 Å². The number of aromatic nitrogens is 3. The molecule has 170 valence electrons. The molecule has 0 aliphatic rings. The minimum Gasteiger partial charge on any atom is -0.339 e. The lowest BCUT2D eigenvalue weighted by Gasteiger charge is -2.10. The molecule has 2 heterocycles. The molecule has 0 unspecified atom stereocenters. The second-order valence-corrected chi connectivity index (χ2v) is 7.68. The molecule has 3 aromatic rings. The maximum Gasteiger partial charge on any atom is 0.248 e. The van der Waals surface area contributed by atoms with Gasteiger partial charge < -0.3 is 15.5 Å². The molecular weight excluding hydrogens is 440 g/mol. The zero-order chi connectivity index (χ0) is 23.6. The molecule has 0 fully saturated rings. The number of likely N-dealkylation sites (N-methyl/N-ethyl adjacent to an activating group) is 1. The van der Waals surface area contributed by atoms with Crippen LogP contribution < -0.4 is 16.1 Å². The molecule has 33 heavy (non-hydrogen) atoms. The monoisotopic (exact) mass is 464 g/mol. The van der Waals surface area contributed by atoms with Crippen molar-refractivity contribution in [2.45, 2.75) is 6.92 Å². The van der Waals surface area contributed by atoms with Crippen LogP contribution in [0.1, 0.15) is 12.6 Å². The Morgan fingerprint density at radius 1 is 1.15 bits per heavy atom. The lowest BCUT2D eigenvalue weighted by molar-refractivity contribution is -0.111. The first-order valence-corrected chi connectivity index (χ1v) is 10.5.